The van der Waals surface area contributed by atoms with Crippen LogP contribution in [0.2, 0.25) is 0 Å². The molecule has 23 heteroatoms. The normalized spacial score (nSPS) is 16.9. The molecule has 0 bridgehead atoms. The van der Waals surface area contributed by atoms with Gasteiger partial charge in [0, 0.05) is 73.7 Å². The Balaban J connectivity index is 0.587. The van der Waals surface area contributed by atoms with Crippen LogP contribution in [-0.4, -0.2) is 151 Å². The van der Waals surface area contributed by atoms with Gasteiger partial charge in [-0.1, -0.05) is 106 Å². The minimum atomic E-state index is -1.11. The Kier molecular flexibility index (Phi) is 21.9. The van der Waals surface area contributed by atoms with Crippen molar-refractivity contribution in [1.82, 2.24) is 50.5 Å². The van der Waals surface area contributed by atoms with Gasteiger partial charge >= 0.3 is 5.97 Å². The van der Waals surface area contributed by atoms with Crippen LogP contribution in [0.1, 0.15) is 141 Å². The lowest BCUT2D eigenvalue weighted by Crippen LogP contribution is -2.57. The van der Waals surface area contributed by atoms with Crippen molar-refractivity contribution in [3.8, 4) is 28.0 Å². The van der Waals surface area contributed by atoms with Gasteiger partial charge in [-0.25, -0.2) is 24.1 Å². The number of halogens is 1. The van der Waals surface area contributed by atoms with Crippen molar-refractivity contribution < 1.29 is 38.5 Å². The Morgan fingerprint density at radius 3 is 2.37 bits per heavy atom. The van der Waals surface area contributed by atoms with Crippen molar-refractivity contribution in [2.45, 2.75) is 143 Å². The van der Waals surface area contributed by atoms with Crippen molar-refractivity contribution in [3.05, 3.63) is 117 Å². The Hall–Kier alpha value is -7.46. The Bertz CT molecular complexity index is 3680. The summed E-state index contributed by atoms with van der Waals surface area (Å²) in [6.07, 6.45) is 7.99. The summed E-state index contributed by atoms with van der Waals surface area (Å²) in [6.45, 7) is 17.8. The number of nitrogens with zero attached hydrogens (tertiary/aromatic N) is 9. The predicted molar refractivity (Wildman–Crippen MR) is 353 cm³/mol. The second-order valence-electron chi connectivity index (χ2n) is 24.7. The van der Waals surface area contributed by atoms with Crippen LogP contribution in [0.4, 0.5) is 26.3 Å². The minimum Gasteiger partial charge on any atom is -0.491 e. The fourth-order valence-corrected chi connectivity index (χ4v) is 14.6. The summed E-state index contributed by atoms with van der Waals surface area (Å²) < 4.78 is 22.2. The number of likely N-dealkylation sites (tertiary alicyclic amines) is 1. The number of carbonyl (C=O) groups excluding carboxylic acids is 3. The number of nitrogens with one attached hydrogen (secondary N) is 3. The van der Waals surface area contributed by atoms with E-state index in [1.807, 2.05) is 100 Å². The number of carboxylic acid groups (broad SMARTS) is 1. The molecule has 0 spiro atoms. The topological polar surface area (TPSA) is 231 Å². The summed E-state index contributed by atoms with van der Waals surface area (Å²) >= 11 is 4.45. The molecule has 3 aromatic carbocycles. The van der Waals surface area contributed by atoms with Gasteiger partial charge in [-0.2, -0.15) is 0 Å². The summed E-state index contributed by atoms with van der Waals surface area (Å²) in [5.74, 6) is 5.24. The van der Waals surface area contributed by atoms with Gasteiger partial charge in [-0.05, 0) is 113 Å². The van der Waals surface area contributed by atoms with Crippen LogP contribution in [0, 0.1) is 36.9 Å². The molecule has 5 N–H and O–H groups in total. The molecule has 7 heterocycles. The van der Waals surface area contributed by atoms with Gasteiger partial charge in [0.25, 0.3) is 0 Å². The smallest absolute Gasteiger partial charge is 0.355 e. The van der Waals surface area contributed by atoms with E-state index in [0.29, 0.717) is 66.0 Å². The Morgan fingerprint density at radius 1 is 0.878 bits per heavy atom. The first-order valence-electron chi connectivity index (χ1n) is 31.3. The van der Waals surface area contributed by atoms with Crippen LogP contribution in [0.5, 0.6) is 5.75 Å². The average molecular weight is 1280 g/mol. The summed E-state index contributed by atoms with van der Waals surface area (Å²) in [7, 11) is 0. The molecule has 10 rings (SSSR count). The Labute approximate surface area is 537 Å². The van der Waals surface area contributed by atoms with Crippen LogP contribution in [0.3, 0.4) is 0 Å². The zero-order valence-corrected chi connectivity index (χ0v) is 54.6. The number of β-amino-alcohol motifs (C(OH)–C–C–N with tert-alkyl or cyclic N) is 1. The summed E-state index contributed by atoms with van der Waals surface area (Å²) in [4.78, 5) is 77.1. The molecule has 1 unspecified atom stereocenters. The molecule has 0 saturated carbocycles. The summed E-state index contributed by atoms with van der Waals surface area (Å²) in [5, 5.41) is 40.7. The van der Waals surface area contributed by atoms with Crippen LogP contribution in [-0.2, 0) is 27.2 Å². The van der Waals surface area contributed by atoms with E-state index in [9.17, 15) is 29.4 Å². The molecule has 4 aromatic heterocycles. The standard InChI is InChI=1S/C67H81FN12O7S3/c1-42-49-19-16-32-79(61(49)76-75-60(42)74-65-71-51-20-12-13-21-54(51)89-65)66-73-57(64(85)86)55(90-66)22-17-37-87-53-29-24-45(38-50(53)68)18-15-31-78-35-33-77(34-36-78)30-14-10-8-7-9-11-23-56(82)72-59(67(4,5)6)63(84)80-40-48(81)39-52(80)62(83)70-43(2)46-25-27-47(28-26-46)58-44(3)69-41-88-58/h12-13,20-21,24-29,38,41,43,48,52,59,81H,7-11,14,16-17,19,22-23,30-37,39-40H2,1-6H3,(H,70,83)(H,72,82)(H,85,86)(H,71,74,75)/t43-,48+,52-,59?/m0/s1. The number of piperazine rings is 1. The molecule has 2 saturated heterocycles. The number of thiazole rings is 3. The first-order valence-corrected chi connectivity index (χ1v) is 33.8. The van der Waals surface area contributed by atoms with E-state index in [2.05, 4.69) is 62.7 Å². The number of aryl methyl sites for hydroxylation is 2. The monoisotopic (exact) mass is 1280 g/mol. The number of amides is 3. The second kappa shape index (κ2) is 30.1. The lowest BCUT2D eigenvalue weighted by molar-refractivity contribution is -0.144. The molecule has 7 aromatic rings. The van der Waals surface area contributed by atoms with Gasteiger partial charge in [0.15, 0.2) is 39.2 Å². The van der Waals surface area contributed by atoms with Gasteiger partial charge in [-0.15, -0.1) is 32.9 Å². The molecule has 19 nitrogen and oxygen atoms in total. The average Bonchev–Trinajstić information content (AvgIpc) is 1.41. The zero-order chi connectivity index (χ0) is 63.5. The van der Waals surface area contributed by atoms with E-state index in [1.54, 1.807) is 34.8 Å². The van der Waals surface area contributed by atoms with Gasteiger partial charge < -0.3 is 45.6 Å². The third-order valence-corrected chi connectivity index (χ3v) is 20.0. The van der Waals surface area contributed by atoms with E-state index >= 15 is 4.39 Å². The number of benzene rings is 3. The molecular formula is C67H81FN12O7S3. The number of carboxylic acids is 1. The van der Waals surface area contributed by atoms with Crippen molar-refractivity contribution >= 4 is 89.8 Å². The number of aliphatic hydroxyl groups is 1. The first kappa shape index (κ1) is 65.5. The second-order valence-corrected chi connectivity index (χ2v) is 27.6. The number of carbonyl (C=O) groups is 4. The molecule has 3 amide bonds. The molecule has 2 fully saturated rings. The number of hydrogen-bond donors (Lipinski definition) is 5. The highest BCUT2D eigenvalue weighted by Crippen LogP contribution is 2.40. The van der Waals surface area contributed by atoms with E-state index in [4.69, 9.17) is 4.74 Å². The van der Waals surface area contributed by atoms with Gasteiger partial charge in [0.1, 0.15) is 12.1 Å². The number of fused-ring (bicyclic) bond motifs is 2. The van der Waals surface area contributed by atoms with E-state index in [-0.39, 0.29) is 54.8 Å². The minimum absolute atomic E-state index is 0.00646. The van der Waals surface area contributed by atoms with Crippen molar-refractivity contribution in [2.24, 2.45) is 5.41 Å². The third kappa shape index (κ3) is 16.5. The first-order chi connectivity index (χ1) is 43.4. The third-order valence-electron chi connectivity index (χ3n) is 17.0. The van der Waals surface area contributed by atoms with Crippen LogP contribution < -0.4 is 25.6 Å². The van der Waals surface area contributed by atoms with Crippen LogP contribution >= 0.6 is 34.0 Å². The van der Waals surface area contributed by atoms with Crippen molar-refractivity contribution in [2.75, 3.05) is 69.2 Å². The quantitative estimate of drug-likeness (QED) is 0.0265. The Morgan fingerprint density at radius 2 is 1.63 bits per heavy atom. The lowest BCUT2D eigenvalue weighted by Gasteiger charge is -2.35. The highest BCUT2D eigenvalue weighted by molar-refractivity contribution is 7.22. The number of para-hydroxylation sites is 1. The van der Waals surface area contributed by atoms with Crippen LogP contribution in [0.15, 0.2) is 72.2 Å². The highest BCUT2D eigenvalue weighted by Gasteiger charge is 2.45. The number of hydrogen-bond acceptors (Lipinski definition) is 18. The fourth-order valence-electron chi connectivity index (χ4n) is 11.8. The van der Waals surface area contributed by atoms with E-state index < -0.39 is 35.4 Å². The number of unbranched alkanes of at least 4 members (excludes halogenated alkanes) is 5. The summed E-state index contributed by atoms with van der Waals surface area (Å²) in [6, 6.07) is 18.6. The van der Waals surface area contributed by atoms with E-state index in [0.717, 1.165) is 126 Å². The number of aromatic carboxylic acids is 1. The molecule has 3 aliphatic rings. The molecule has 0 aliphatic carbocycles. The number of rotatable bonds is 25. The summed E-state index contributed by atoms with van der Waals surface area (Å²) in [5.41, 5.74) is 7.60. The van der Waals surface area contributed by atoms with Gasteiger partial charge in [-0.3, -0.25) is 19.3 Å². The maximum Gasteiger partial charge on any atom is 0.355 e. The van der Waals surface area contributed by atoms with Crippen molar-refractivity contribution in [1.29, 1.82) is 0 Å². The molecule has 0 radical (unpaired) electrons. The number of aliphatic hydroxyl groups excluding tert-OH is 1. The van der Waals surface area contributed by atoms with Gasteiger partial charge in [0.2, 0.25) is 17.7 Å². The predicted octanol–water partition coefficient (Wildman–Crippen LogP) is 11.0. The molecule has 4 atom stereocenters. The SMILES string of the molecule is Cc1ncsc1-c1ccc([C@H](C)NC(=O)[C@@H]2C[C@@H](O)CN2C(=O)C(NC(=O)CCCCCCCCN2CCN(CC#Cc3ccc(OCCCc4sc(N5CCCc6c5nnc(Nc5nc7ccccc7s5)c6C)nc4C(=O)O)c(F)c3)CC2)C(C)(C)C)cc1. The largest absolute Gasteiger partial charge is 0.491 e. The van der Waals surface area contributed by atoms with E-state index in [1.165, 1.54) is 22.3 Å². The van der Waals surface area contributed by atoms with Gasteiger partial charge in [0.05, 0.1) is 51.6 Å². The maximum absolute atomic E-state index is 15.3. The number of ether oxygens (including phenoxy) is 1. The number of anilines is 4. The molecule has 3 aliphatic heterocycles. The van der Waals surface area contributed by atoms with Crippen molar-refractivity contribution in [3.63, 3.8) is 0 Å². The molecule has 476 valence electrons. The molecule has 90 heavy (non-hydrogen) atoms. The fraction of sp³-hybridized carbons (Fsp3) is 0.478. The molecular weight excluding hydrogens is 1200 g/mol. The maximum atomic E-state index is 15.3. The lowest BCUT2D eigenvalue weighted by atomic mass is 9.85. The van der Waals surface area contributed by atoms with Crippen LogP contribution in [0.25, 0.3) is 20.7 Å². The zero-order valence-electron chi connectivity index (χ0n) is 52.2. The number of aromatic nitrogens is 5. The highest BCUT2D eigenvalue weighted by atomic mass is 32.1.